The molecule has 0 fully saturated rings. The van der Waals surface area contributed by atoms with Gasteiger partial charge in [0.05, 0.1) is 12.8 Å². The van der Waals surface area contributed by atoms with Crippen molar-refractivity contribution in [2.24, 2.45) is 0 Å². The minimum absolute atomic E-state index is 0.240. The number of carbonyl (C=O) groups is 1. The minimum atomic E-state index is -0.333. The third kappa shape index (κ3) is 2.76. The molecule has 0 radical (unpaired) electrons. The molecule has 0 saturated heterocycles. The van der Waals surface area contributed by atoms with Crippen LogP contribution in [-0.4, -0.2) is 28.0 Å². The topological polar surface area (TPSA) is 77.0 Å². The first-order valence-electron chi connectivity index (χ1n) is 4.78. The van der Waals surface area contributed by atoms with E-state index in [-0.39, 0.29) is 11.6 Å². The predicted octanol–water partition coefficient (Wildman–Crippen LogP) is 1.50. The number of nitrogens with one attached hydrogen (secondary N) is 1. The molecule has 0 aliphatic rings. The maximum atomic E-state index is 11.8. The van der Waals surface area contributed by atoms with Gasteiger partial charge in [0, 0.05) is 11.4 Å². The van der Waals surface area contributed by atoms with Gasteiger partial charge in [-0.25, -0.2) is 15.0 Å². The predicted molar refractivity (Wildman–Crippen MR) is 63.4 cm³/mol. The Balaban J connectivity index is 2.14. The molecular formula is C10H10N4O2S. The molecule has 1 N–H and O–H groups in total. The number of aromatic nitrogens is 3. The maximum Gasteiger partial charge on any atom is 0.276 e. The number of anilines is 1. The van der Waals surface area contributed by atoms with E-state index in [0.29, 0.717) is 11.0 Å². The summed E-state index contributed by atoms with van der Waals surface area (Å²) in [6.45, 7) is 1.86. The Hall–Kier alpha value is -2.02. The summed E-state index contributed by atoms with van der Waals surface area (Å²) in [6, 6.07) is 1.47. The van der Waals surface area contributed by atoms with Gasteiger partial charge < -0.3 is 4.74 Å². The van der Waals surface area contributed by atoms with Crippen LogP contribution in [0.1, 0.15) is 16.2 Å². The van der Waals surface area contributed by atoms with E-state index in [1.54, 1.807) is 0 Å². The fraction of sp³-hybridized carbons (Fsp3) is 0.200. The van der Waals surface area contributed by atoms with Crippen molar-refractivity contribution in [3.05, 3.63) is 29.2 Å². The molecule has 0 atom stereocenters. The molecule has 0 aliphatic carbocycles. The summed E-state index contributed by atoms with van der Waals surface area (Å²) < 4.78 is 4.92. The van der Waals surface area contributed by atoms with Crippen molar-refractivity contribution in [3.63, 3.8) is 0 Å². The Morgan fingerprint density at radius 2 is 2.29 bits per heavy atom. The van der Waals surface area contributed by atoms with Gasteiger partial charge in [0.25, 0.3) is 5.91 Å². The van der Waals surface area contributed by atoms with Crippen LogP contribution in [0.3, 0.4) is 0 Å². The van der Waals surface area contributed by atoms with Crippen LogP contribution >= 0.6 is 11.3 Å². The summed E-state index contributed by atoms with van der Waals surface area (Å²) in [7, 11) is 1.48. The number of hydrogen-bond donors (Lipinski definition) is 1. The molecular weight excluding hydrogens is 240 g/mol. The van der Waals surface area contributed by atoms with Gasteiger partial charge in [-0.3, -0.25) is 10.1 Å². The van der Waals surface area contributed by atoms with E-state index < -0.39 is 0 Å². The quantitative estimate of drug-likeness (QED) is 0.893. The highest BCUT2D eigenvalue weighted by molar-refractivity contribution is 7.13. The SMILES string of the molecule is COc1cc(C(=O)Nc2nc(C)cs2)ncn1. The fourth-order valence-corrected chi connectivity index (χ4v) is 1.83. The highest BCUT2D eigenvalue weighted by Crippen LogP contribution is 2.15. The number of methoxy groups -OCH3 is 1. The van der Waals surface area contributed by atoms with E-state index >= 15 is 0 Å². The Morgan fingerprint density at radius 1 is 1.47 bits per heavy atom. The molecule has 0 saturated carbocycles. The average molecular weight is 250 g/mol. The standard InChI is InChI=1S/C10H10N4O2S/c1-6-4-17-10(13-6)14-9(15)7-3-8(16-2)12-5-11-7/h3-5H,1-2H3,(H,13,14,15). The highest BCUT2D eigenvalue weighted by Gasteiger charge is 2.10. The second kappa shape index (κ2) is 4.88. The van der Waals surface area contributed by atoms with Crippen molar-refractivity contribution in [1.82, 2.24) is 15.0 Å². The van der Waals surface area contributed by atoms with Crippen LogP contribution < -0.4 is 10.1 Å². The van der Waals surface area contributed by atoms with E-state index in [2.05, 4.69) is 20.3 Å². The first kappa shape index (κ1) is 11.5. The second-order valence-corrected chi connectivity index (χ2v) is 4.05. The van der Waals surface area contributed by atoms with E-state index in [1.165, 1.54) is 30.8 Å². The number of nitrogens with zero attached hydrogens (tertiary/aromatic N) is 3. The molecule has 6 nitrogen and oxygen atoms in total. The van der Waals surface area contributed by atoms with E-state index in [1.807, 2.05) is 12.3 Å². The molecule has 17 heavy (non-hydrogen) atoms. The van der Waals surface area contributed by atoms with E-state index in [4.69, 9.17) is 4.74 Å². The first-order chi connectivity index (χ1) is 8.19. The smallest absolute Gasteiger partial charge is 0.276 e. The Bertz CT molecular complexity index is 541. The maximum absolute atomic E-state index is 11.8. The average Bonchev–Trinajstić information content (AvgIpc) is 2.75. The zero-order chi connectivity index (χ0) is 12.3. The van der Waals surface area contributed by atoms with Gasteiger partial charge in [0.2, 0.25) is 5.88 Å². The third-order valence-electron chi connectivity index (χ3n) is 1.92. The zero-order valence-electron chi connectivity index (χ0n) is 9.30. The molecule has 0 unspecified atom stereocenters. The lowest BCUT2D eigenvalue weighted by molar-refractivity contribution is 0.102. The van der Waals surface area contributed by atoms with Crippen LogP contribution in [0.4, 0.5) is 5.13 Å². The Labute approximate surface area is 102 Å². The molecule has 2 aromatic rings. The summed E-state index contributed by atoms with van der Waals surface area (Å²) in [5, 5.41) is 5.06. The summed E-state index contributed by atoms with van der Waals surface area (Å²) in [6.07, 6.45) is 1.28. The molecule has 7 heteroatoms. The van der Waals surface area contributed by atoms with Crippen LogP contribution in [0.5, 0.6) is 5.88 Å². The van der Waals surface area contributed by atoms with Crippen molar-refractivity contribution in [2.45, 2.75) is 6.92 Å². The molecule has 88 valence electrons. The molecule has 0 aromatic carbocycles. The van der Waals surface area contributed by atoms with Crippen molar-refractivity contribution in [2.75, 3.05) is 12.4 Å². The van der Waals surface area contributed by atoms with Gasteiger partial charge >= 0.3 is 0 Å². The van der Waals surface area contributed by atoms with Crippen molar-refractivity contribution < 1.29 is 9.53 Å². The summed E-state index contributed by atoms with van der Waals surface area (Å²) >= 11 is 1.36. The molecule has 0 spiro atoms. The summed E-state index contributed by atoms with van der Waals surface area (Å²) in [4.78, 5) is 23.6. The zero-order valence-corrected chi connectivity index (χ0v) is 10.1. The molecule has 2 rings (SSSR count). The van der Waals surface area contributed by atoms with Crippen LogP contribution in [0.2, 0.25) is 0 Å². The molecule has 0 aliphatic heterocycles. The van der Waals surface area contributed by atoms with Crippen molar-refractivity contribution in [1.29, 1.82) is 0 Å². The molecule has 2 aromatic heterocycles. The van der Waals surface area contributed by atoms with Gasteiger partial charge in [-0.2, -0.15) is 0 Å². The number of ether oxygens (including phenoxy) is 1. The largest absolute Gasteiger partial charge is 0.481 e. The lowest BCUT2D eigenvalue weighted by Crippen LogP contribution is -2.13. The highest BCUT2D eigenvalue weighted by atomic mass is 32.1. The summed E-state index contributed by atoms with van der Waals surface area (Å²) in [5.41, 5.74) is 1.11. The first-order valence-corrected chi connectivity index (χ1v) is 5.66. The summed E-state index contributed by atoms with van der Waals surface area (Å²) in [5.74, 6) is 0.0144. The van der Waals surface area contributed by atoms with Gasteiger partial charge in [0.15, 0.2) is 5.13 Å². The van der Waals surface area contributed by atoms with E-state index in [0.717, 1.165) is 5.69 Å². The number of aryl methyl sites for hydroxylation is 1. The number of hydrogen-bond acceptors (Lipinski definition) is 6. The second-order valence-electron chi connectivity index (χ2n) is 3.19. The van der Waals surface area contributed by atoms with Crippen LogP contribution in [0.15, 0.2) is 17.8 Å². The van der Waals surface area contributed by atoms with Crippen LogP contribution in [0, 0.1) is 6.92 Å². The third-order valence-corrected chi connectivity index (χ3v) is 2.80. The van der Waals surface area contributed by atoms with Gasteiger partial charge in [-0.15, -0.1) is 11.3 Å². The van der Waals surface area contributed by atoms with Crippen molar-refractivity contribution >= 4 is 22.4 Å². The molecule has 2 heterocycles. The Kier molecular flexibility index (Phi) is 3.29. The number of amides is 1. The van der Waals surface area contributed by atoms with Gasteiger partial charge in [0.1, 0.15) is 12.0 Å². The monoisotopic (exact) mass is 250 g/mol. The van der Waals surface area contributed by atoms with Gasteiger partial charge in [-0.05, 0) is 6.92 Å². The lowest BCUT2D eigenvalue weighted by atomic mass is 10.4. The molecule has 1 amide bonds. The Morgan fingerprint density at radius 3 is 2.94 bits per heavy atom. The fourth-order valence-electron chi connectivity index (χ4n) is 1.15. The van der Waals surface area contributed by atoms with Crippen LogP contribution in [-0.2, 0) is 0 Å². The number of rotatable bonds is 3. The minimum Gasteiger partial charge on any atom is -0.481 e. The van der Waals surface area contributed by atoms with Crippen LogP contribution in [0.25, 0.3) is 0 Å². The number of carbonyl (C=O) groups excluding carboxylic acids is 1. The lowest BCUT2D eigenvalue weighted by Gasteiger charge is -2.02. The number of thiazole rings is 1. The van der Waals surface area contributed by atoms with Gasteiger partial charge in [-0.1, -0.05) is 0 Å². The van der Waals surface area contributed by atoms with E-state index in [9.17, 15) is 4.79 Å². The molecule has 0 bridgehead atoms. The van der Waals surface area contributed by atoms with Crippen molar-refractivity contribution in [3.8, 4) is 5.88 Å². The normalized spacial score (nSPS) is 10.0.